The molecule has 0 bridgehead atoms. The number of carbonyl (C=O) groups excluding carboxylic acids is 1. The van der Waals surface area contributed by atoms with Crippen molar-refractivity contribution in [3.63, 3.8) is 0 Å². The van der Waals surface area contributed by atoms with Crippen molar-refractivity contribution in [1.82, 2.24) is 9.80 Å². The zero-order valence-electron chi connectivity index (χ0n) is 23.1. The summed E-state index contributed by atoms with van der Waals surface area (Å²) in [7, 11) is 1.12. The van der Waals surface area contributed by atoms with Crippen LogP contribution in [0.3, 0.4) is 0 Å². The van der Waals surface area contributed by atoms with E-state index in [1.807, 2.05) is 29.2 Å². The van der Waals surface area contributed by atoms with Gasteiger partial charge in [0.05, 0.1) is 34.0 Å². The van der Waals surface area contributed by atoms with Crippen LogP contribution in [0.25, 0.3) is 0 Å². The highest BCUT2D eigenvalue weighted by molar-refractivity contribution is 7.86. The number of methoxy groups -OCH3 is 3. The molecule has 11 heteroatoms. The fraction of sp³-hybridized carbons (Fsp3) is 0.536. The summed E-state index contributed by atoms with van der Waals surface area (Å²) in [6, 6.07) is 9.29. The van der Waals surface area contributed by atoms with Crippen molar-refractivity contribution in [3.8, 4) is 23.0 Å². The third-order valence-electron chi connectivity index (χ3n) is 7.32. The Labute approximate surface area is 237 Å². The summed E-state index contributed by atoms with van der Waals surface area (Å²) in [6.07, 6.45) is 5.22. The maximum Gasteiger partial charge on any atom is 0.306 e. The largest absolute Gasteiger partial charge is 0.493 e. The topological polar surface area (TPSA) is 94.6 Å². The number of benzene rings is 2. The maximum atomic E-state index is 13.2. The van der Waals surface area contributed by atoms with E-state index in [2.05, 4.69) is 4.90 Å². The van der Waals surface area contributed by atoms with Crippen LogP contribution in [0.4, 0.5) is 0 Å². The van der Waals surface area contributed by atoms with Crippen molar-refractivity contribution in [2.75, 3.05) is 60.3 Å². The van der Waals surface area contributed by atoms with Gasteiger partial charge in [0.1, 0.15) is 0 Å². The van der Waals surface area contributed by atoms with Gasteiger partial charge < -0.3 is 28.2 Å². The van der Waals surface area contributed by atoms with Crippen molar-refractivity contribution in [2.24, 2.45) is 5.92 Å². The van der Waals surface area contributed by atoms with Crippen LogP contribution in [-0.4, -0.2) is 84.4 Å². The number of fused-ring (bicyclic) bond motifs is 1. The Morgan fingerprint density at radius 3 is 2.26 bits per heavy atom. The van der Waals surface area contributed by atoms with Crippen molar-refractivity contribution < 1.29 is 31.6 Å². The van der Waals surface area contributed by atoms with Crippen LogP contribution in [-0.2, 0) is 34.2 Å². The molecular formula is C28H39ClN2O7S. The summed E-state index contributed by atoms with van der Waals surface area (Å²) in [5.41, 5.74) is 3.21. The monoisotopic (exact) mass is 582 g/mol. The lowest BCUT2D eigenvalue weighted by Crippen LogP contribution is -2.44. The van der Waals surface area contributed by atoms with Crippen LogP contribution >= 0.6 is 12.4 Å². The first kappa shape index (κ1) is 30.8. The number of amides is 1. The molecule has 2 aliphatic rings. The van der Waals surface area contributed by atoms with E-state index < -0.39 is 10.1 Å². The number of nitrogens with zero attached hydrogens (tertiary/aromatic N) is 2. The lowest BCUT2D eigenvalue weighted by atomic mass is 9.96. The number of halogens is 1. The first-order valence-corrected chi connectivity index (χ1v) is 14.8. The molecule has 0 spiro atoms. The number of hydrogen-bond acceptors (Lipinski definition) is 8. The second-order valence-corrected chi connectivity index (χ2v) is 11.6. The number of carbonyl (C=O) groups is 1. The zero-order chi connectivity index (χ0) is 27.3. The number of rotatable bonds is 10. The lowest BCUT2D eigenvalue weighted by molar-refractivity contribution is -0.131. The van der Waals surface area contributed by atoms with E-state index in [4.69, 9.17) is 18.4 Å². The fourth-order valence-corrected chi connectivity index (χ4v) is 5.87. The van der Waals surface area contributed by atoms with E-state index in [1.54, 1.807) is 20.3 Å². The quantitative estimate of drug-likeness (QED) is 0.394. The van der Waals surface area contributed by atoms with E-state index >= 15 is 0 Å². The molecule has 2 aromatic rings. The number of likely N-dealkylation sites (tertiary alicyclic amines) is 1. The average molecular weight is 583 g/mol. The number of piperidine rings is 1. The molecule has 2 aliphatic heterocycles. The highest BCUT2D eigenvalue weighted by Gasteiger charge is 2.27. The average Bonchev–Trinajstić information content (AvgIpc) is 3.04. The Bertz CT molecular complexity index is 1250. The van der Waals surface area contributed by atoms with Gasteiger partial charge in [0.2, 0.25) is 5.91 Å². The van der Waals surface area contributed by atoms with Gasteiger partial charge in [0.25, 0.3) is 0 Å². The molecule has 1 unspecified atom stereocenters. The van der Waals surface area contributed by atoms with Crippen molar-refractivity contribution in [1.29, 1.82) is 0 Å². The first-order chi connectivity index (χ1) is 18.2. The van der Waals surface area contributed by atoms with Crippen molar-refractivity contribution in [2.45, 2.75) is 32.1 Å². The molecule has 216 valence electrons. The molecule has 4 rings (SSSR count). The van der Waals surface area contributed by atoms with E-state index in [0.29, 0.717) is 36.1 Å². The Hall–Kier alpha value is -2.69. The van der Waals surface area contributed by atoms with Gasteiger partial charge in [-0.1, -0.05) is 6.07 Å². The van der Waals surface area contributed by atoms with Gasteiger partial charge in [-0.25, -0.2) is 0 Å². The normalized spacial score (nSPS) is 18.0. The van der Waals surface area contributed by atoms with Gasteiger partial charge in [-0.2, -0.15) is 8.42 Å². The maximum absolute atomic E-state index is 13.2. The van der Waals surface area contributed by atoms with Gasteiger partial charge >= 0.3 is 10.1 Å². The highest BCUT2D eigenvalue weighted by atomic mass is 35.5. The molecule has 0 saturated carbocycles. The minimum atomic E-state index is -3.63. The summed E-state index contributed by atoms with van der Waals surface area (Å²) in [4.78, 5) is 17.6. The molecule has 1 amide bonds. The van der Waals surface area contributed by atoms with Crippen LogP contribution < -0.4 is 18.4 Å². The lowest BCUT2D eigenvalue weighted by Gasteiger charge is -2.35. The Morgan fingerprint density at radius 1 is 0.923 bits per heavy atom. The molecule has 39 heavy (non-hydrogen) atoms. The minimum Gasteiger partial charge on any atom is -0.493 e. The Balaban J connectivity index is 0.00000420. The summed E-state index contributed by atoms with van der Waals surface area (Å²) in [5.74, 6) is 2.55. The molecule has 9 nitrogen and oxygen atoms in total. The van der Waals surface area contributed by atoms with Crippen LogP contribution in [0.15, 0.2) is 30.3 Å². The number of ether oxygens (including phenoxy) is 3. The molecule has 0 aromatic heterocycles. The third-order valence-corrected chi connectivity index (χ3v) is 7.80. The van der Waals surface area contributed by atoms with Crippen molar-refractivity contribution >= 4 is 28.4 Å². The molecule has 0 aliphatic carbocycles. The van der Waals surface area contributed by atoms with Crippen LogP contribution in [0.1, 0.15) is 29.5 Å². The minimum absolute atomic E-state index is 0. The third kappa shape index (κ3) is 8.16. The van der Waals surface area contributed by atoms with Crippen LogP contribution in [0.5, 0.6) is 23.0 Å². The number of hydrogen-bond donors (Lipinski definition) is 0. The molecule has 1 atom stereocenters. The Morgan fingerprint density at radius 2 is 1.59 bits per heavy atom. The predicted octanol–water partition coefficient (Wildman–Crippen LogP) is 3.35. The van der Waals surface area contributed by atoms with E-state index in [0.717, 1.165) is 74.8 Å². The molecule has 2 aromatic carbocycles. The van der Waals surface area contributed by atoms with Gasteiger partial charge in [-0.3, -0.25) is 4.79 Å². The zero-order valence-corrected chi connectivity index (χ0v) is 24.7. The van der Waals surface area contributed by atoms with Gasteiger partial charge in [0.15, 0.2) is 23.0 Å². The second kappa shape index (κ2) is 13.6. The fourth-order valence-electron chi connectivity index (χ4n) is 5.41. The predicted molar refractivity (Wildman–Crippen MR) is 152 cm³/mol. The van der Waals surface area contributed by atoms with E-state index in [1.165, 1.54) is 7.11 Å². The summed E-state index contributed by atoms with van der Waals surface area (Å²) < 4.78 is 44.2. The molecular weight excluding hydrogens is 544 g/mol. The SMILES string of the molecule is COc1cc2c(cc1OC)CC(=O)N(CC1CCCN(CCc3ccc(OS(C)(=O)=O)c(OC)c3)C1)CC2.Cl. The summed E-state index contributed by atoms with van der Waals surface area (Å²) in [5, 5.41) is 0. The molecule has 0 radical (unpaired) electrons. The second-order valence-electron chi connectivity index (χ2n) is 10.1. The molecule has 1 fully saturated rings. The highest BCUT2D eigenvalue weighted by Crippen LogP contribution is 2.33. The summed E-state index contributed by atoms with van der Waals surface area (Å²) in [6.45, 7) is 4.33. The molecule has 2 heterocycles. The van der Waals surface area contributed by atoms with Crippen molar-refractivity contribution in [3.05, 3.63) is 47.0 Å². The van der Waals surface area contributed by atoms with E-state index in [-0.39, 0.29) is 24.1 Å². The smallest absolute Gasteiger partial charge is 0.306 e. The first-order valence-electron chi connectivity index (χ1n) is 13.0. The van der Waals surface area contributed by atoms with Gasteiger partial charge in [-0.15, -0.1) is 12.4 Å². The Kier molecular flexibility index (Phi) is 10.7. The standard InChI is InChI=1S/C28H38N2O7S.ClH/c1-34-25-14-20(7-8-24(25)37-38(4,32)33)9-12-29-11-5-6-21(18-29)19-30-13-10-22-15-26(35-2)27(36-3)16-23(22)17-28(30)31;/h7-8,14-16,21H,5-6,9-13,17-19H2,1-4H3;1H. The van der Waals surface area contributed by atoms with E-state index in [9.17, 15) is 13.2 Å². The van der Waals surface area contributed by atoms with Gasteiger partial charge in [0, 0.05) is 26.2 Å². The molecule has 1 saturated heterocycles. The molecule has 0 N–H and O–H groups in total. The van der Waals surface area contributed by atoms with Crippen LogP contribution in [0.2, 0.25) is 0 Å². The van der Waals surface area contributed by atoms with Crippen LogP contribution in [0, 0.1) is 5.92 Å². The van der Waals surface area contributed by atoms with Gasteiger partial charge in [-0.05, 0) is 79.1 Å². The summed E-state index contributed by atoms with van der Waals surface area (Å²) >= 11 is 0.